The van der Waals surface area contributed by atoms with Crippen molar-refractivity contribution in [1.82, 2.24) is 10.3 Å². The lowest BCUT2D eigenvalue weighted by Crippen LogP contribution is -2.25. The highest BCUT2D eigenvalue weighted by atomic mass is 14.9. The lowest BCUT2D eigenvalue weighted by Gasteiger charge is -2.26. The largest absolute Gasteiger partial charge is 0.312 e. The van der Waals surface area contributed by atoms with Crippen LogP contribution >= 0.6 is 0 Å². The van der Waals surface area contributed by atoms with E-state index in [0.717, 1.165) is 0 Å². The van der Waals surface area contributed by atoms with E-state index in [9.17, 15) is 0 Å². The molecule has 0 aromatic carbocycles. The molecule has 1 heterocycles. The minimum absolute atomic E-state index is 0.412. The average Bonchev–Trinajstić information content (AvgIpc) is 2.33. The van der Waals surface area contributed by atoms with Crippen molar-refractivity contribution in [3.63, 3.8) is 0 Å². The van der Waals surface area contributed by atoms with Gasteiger partial charge in [0.25, 0.3) is 0 Å². The SMILES string of the molecule is CNC(c1cccnc1)C1C=CCCC1. The van der Waals surface area contributed by atoms with Crippen LogP contribution in [0.4, 0.5) is 0 Å². The molecule has 0 radical (unpaired) electrons. The molecule has 0 spiro atoms. The molecule has 2 nitrogen and oxygen atoms in total. The lowest BCUT2D eigenvalue weighted by atomic mass is 9.86. The van der Waals surface area contributed by atoms with Gasteiger partial charge in [0.1, 0.15) is 0 Å². The zero-order valence-corrected chi connectivity index (χ0v) is 9.19. The van der Waals surface area contributed by atoms with E-state index >= 15 is 0 Å². The van der Waals surface area contributed by atoms with Gasteiger partial charge < -0.3 is 5.32 Å². The van der Waals surface area contributed by atoms with Gasteiger partial charge in [-0.05, 0) is 43.9 Å². The number of hydrogen-bond donors (Lipinski definition) is 1. The van der Waals surface area contributed by atoms with Crippen molar-refractivity contribution in [2.45, 2.75) is 25.3 Å². The first kappa shape index (κ1) is 10.4. The second-order valence-electron chi connectivity index (χ2n) is 4.08. The van der Waals surface area contributed by atoms with Crippen molar-refractivity contribution in [2.75, 3.05) is 7.05 Å². The van der Waals surface area contributed by atoms with Gasteiger partial charge >= 0.3 is 0 Å². The number of nitrogens with zero attached hydrogens (tertiary/aromatic N) is 1. The van der Waals surface area contributed by atoms with Gasteiger partial charge in [-0.15, -0.1) is 0 Å². The van der Waals surface area contributed by atoms with Crippen LogP contribution in [0.3, 0.4) is 0 Å². The lowest BCUT2D eigenvalue weighted by molar-refractivity contribution is 0.405. The first-order valence-electron chi connectivity index (χ1n) is 5.65. The van der Waals surface area contributed by atoms with Crippen molar-refractivity contribution in [1.29, 1.82) is 0 Å². The summed E-state index contributed by atoms with van der Waals surface area (Å²) >= 11 is 0. The molecule has 0 aliphatic heterocycles. The highest BCUT2D eigenvalue weighted by Gasteiger charge is 2.20. The van der Waals surface area contributed by atoms with Gasteiger partial charge in [-0.1, -0.05) is 18.2 Å². The minimum Gasteiger partial charge on any atom is -0.312 e. The van der Waals surface area contributed by atoms with E-state index < -0.39 is 0 Å². The van der Waals surface area contributed by atoms with Crippen LogP contribution in [0.15, 0.2) is 36.7 Å². The van der Waals surface area contributed by atoms with Crippen LogP contribution in [-0.2, 0) is 0 Å². The molecule has 1 N–H and O–H groups in total. The summed E-state index contributed by atoms with van der Waals surface area (Å²) in [5.41, 5.74) is 1.29. The summed E-state index contributed by atoms with van der Waals surface area (Å²) in [4.78, 5) is 4.18. The molecule has 15 heavy (non-hydrogen) atoms. The normalized spacial score (nSPS) is 22.6. The molecule has 0 saturated heterocycles. The molecule has 2 rings (SSSR count). The predicted molar refractivity (Wildman–Crippen MR) is 62.5 cm³/mol. The Morgan fingerprint density at radius 1 is 1.53 bits per heavy atom. The molecular formula is C13H18N2. The van der Waals surface area contributed by atoms with Crippen LogP contribution in [-0.4, -0.2) is 12.0 Å². The number of aromatic nitrogens is 1. The van der Waals surface area contributed by atoms with Crippen molar-refractivity contribution in [3.05, 3.63) is 42.2 Å². The number of hydrogen-bond acceptors (Lipinski definition) is 2. The smallest absolute Gasteiger partial charge is 0.0396 e. The quantitative estimate of drug-likeness (QED) is 0.762. The fourth-order valence-electron chi connectivity index (χ4n) is 2.30. The summed E-state index contributed by atoms with van der Waals surface area (Å²) in [6.07, 6.45) is 12.2. The van der Waals surface area contributed by atoms with Crippen molar-refractivity contribution < 1.29 is 0 Å². The molecule has 1 aromatic rings. The summed E-state index contributed by atoms with van der Waals surface area (Å²) in [6.45, 7) is 0. The Balaban J connectivity index is 2.16. The van der Waals surface area contributed by atoms with Gasteiger partial charge in [-0.3, -0.25) is 4.98 Å². The maximum absolute atomic E-state index is 4.18. The number of pyridine rings is 1. The van der Waals surface area contributed by atoms with E-state index in [1.54, 1.807) is 0 Å². The van der Waals surface area contributed by atoms with Crippen molar-refractivity contribution >= 4 is 0 Å². The van der Waals surface area contributed by atoms with Crippen LogP contribution in [0.5, 0.6) is 0 Å². The average molecular weight is 202 g/mol. The molecule has 1 aliphatic rings. The van der Waals surface area contributed by atoms with Crippen LogP contribution in [0.25, 0.3) is 0 Å². The Hall–Kier alpha value is -1.15. The topological polar surface area (TPSA) is 24.9 Å². The Morgan fingerprint density at radius 3 is 3.07 bits per heavy atom. The van der Waals surface area contributed by atoms with Crippen molar-refractivity contribution in [3.8, 4) is 0 Å². The van der Waals surface area contributed by atoms with E-state index in [1.807, 2.05) is 25.5 Å². The molecule has 0 amide bonds. The number of allylic oxidation sites excluding steroid dienone is 1. The van der Waals surface area contributed by atoms with E-state index in [4.69, 9.17) is 0 Å². The van der Waals surface area contributed by atoms with E-state index in [2.05, 4.69) is 28.5 Å². The van der Waals surface area contributed by atoms with Crippen LogP contribution in [0.2, 0.25) is 0 Å². The van der Waals surface area contributed by atoms with E-state index in [0.29, 0.717) is 12.0 Å². The molecule has 0 fully saturated rings. The summed E-state index contributed by atoms with van der Waals surface area (Å²) in [5, 5.41) is 3.40. The first-order chi connectivity index (χ1) is 7.42. The maximum atomic E-state index is 4.18. The minimum atomic E-state index is 0.412. The van der Waals surface area contributed by atoms with Gasteiger partial charge in [0.15, 0.2) is 0 Å². The fraction of sp³-hybridized carbons (Fsp3) is 0.462. The highest BCUT2D eigenvalue weighted by molar-refractivity contribution is 5.17. The molecular weight excluding hydrogens is 184 g/mol. The predicted octanol–water partition coefficient (Wildman–Crippen LogP) is 2.70. The van der Waals surface area contributed by atoms with Gasteiger partial charge in [0.05, 0.1) is 0 Å². The third kappa shape index (κ3) is 2.45. The Morgan fingerprint density at radius 2 is 2.47 bits per heavy atom. The molecule has 2 unspecified atom stereocenters. The third-order valence-electron chi connectivity index (χ3n) is 3.07. The second kappa shape index (κ2) is 5.08. The van der Waals surface area contributed by atoms with E-state index in [1.165, 1.54) is 24.8 Å². The van der Waals surface area contributed by atoms with Crippen molar-refractivity contribution in [2.24, 2.45) is 5.92 Å². The fourth-order valence-corrected chi connectivity index (χ4v) is 2.30. The molecule has 2 heteroatoms. The first-order valence-corrected chi connectivity index (χ1v) is 5.65. The van der Waals surface area contributed by atoms with Gasteiger partial charge in [0.2, 0.25) is 0 Å². The Kier molecular flexibility index (Phi) is 3.51. The monoisotopic (exact) mass is 202 g/mol. The standard InChI is InChI=1S/C13H18N2/c1-14-13(11-6-3-2-4-7-11)12-8-5-9-15-10-12/h3,5-6,8-11,13-14H,2,4,7H2,1H3. The highest BCUT2D eigenvalue weighted by Crippen LogP contribution is 2.29. The molecule has 1 aliphatic carbocycles. The zero-order chi connectivity index (χ0) is 10.5. The van der Waals surface area contributed by atoms with Crippen LogP contribution in [0.1, 0.15) is 30.9 Å². The summed E-state index contributed by atoms with van der Waals surface area (Å²) in [7, 11) is 2.03. The zero-order valence-electron chi connectivity index (χ0n) is 9.19. The Bertz CT molecular complexity index is 319. The molecule has 80 valence electrons. The number of nitrogens with one attached hydrogen (secondary N) is 1. The molecule has 2 atom stereocenters. The maximum Gasteiger partial charge on any atom is 0.0396 e. The third-order valence-corrected chi connectivity index (χ3v) is 3.07. The van der Waals surface area contributed by atoms with Gasteiger partial charge in [-0.2, -0.15) is 0 Å². The molecule has 1 aromatic heterocycles. The van der Waals surface area contributed by atoms with Crippen LogP contribution < -0.4 is 5.32 Å². The van der Waals surface area contributed by atoms with Crippen LogP contribution in [0, 0.1) is 5.92 Å². The molecule has 0 saturated carbocycles. The second-order valence-corrected chi connectivity index (χ2v) is 4.08. The summed E-state index contributed by atoms with van der Waals surface area (Å²) < 4.78 is 0. The molecule has 0 bridgehead atoms. The van der Waals surface area contributed by atoms with Gasteiger partial charge in [0, 0.05) is 18.4 Å². The summed E-state index contributed by atoms with van der Waals surface area (Å²) in [6, 6.07) is 4.57. The van der Waals surface area contributed by atoms with Gasteiger partial charge in [-0.25, -0.2) is 0 Å². The van der Waals surface area contributed by atoms with E-state index in [-0.39, 0.29) is 0 Å². The summed E-state index contributed by atoms with van der Waals surface area (Å²) in [5.74, 6) is 0.618. The number of rotatable bonds is 3. The Labute approximate surface area is 91.4 Å².